The second-order valence-electron chi connectivity index (χ2n) is 5.81. The van der Waals surface area contributed by atoms with Gasteiger partial charge in [0.1, 0.15) is 11.5 Å². The van der Waals surface area contributed by atoms with Gasteiger partial charge in [-0.25, -0.2) is 0 Å². The van der Waals surface area contributed by atoms with E-state index in [0.717, 1.165) is 24.6 Å². The largest absolute Gasteiger partial charge is 0.462 e. The fourth-order valence-corrected chi connectivity index (χ4v) is 1.94. The second-order valence-corrected chi connectivity index (χ2v) is 5.81. The van der Waals surface area contributed by atoms with Crippen LogP contribution in [0.15, 0.2) is 22.6 Å². The van der Waals surface area contributed by atoms with Crippen LogP contribution < -0.4 is 0 Å². The van der Waals surface area contributed by atoms with Gasteiger partial charge in [0, 0.05) is 19.2 Å². The monoisotopic (exact) mass is 263 g/mol. The molecule has 0 aliphatic heterocycles. The number of hydrogen-bond acceptors (Lipinski definition) is 2. The number of hydrogen-bond donors (Lipinski definition) is 0. The molecule has 0 fully saturated rings. The van der Waals surface area contributed by atoms with Crippen molar-refractivity contribution in [2.24, 2.45) is 11.8 Å². The molecule has 0 spiro atoms. The van der Waals surface area contributed by atoms with Crippen molar-refractivity contribution in [1.29, 1.82) is 0 Å². The molecule has 19 heavy (non-hydrogen) atoms. The Morgan fingerprint density at radius 2 is 1.79 bits per heavy atom. The second kappa shape index (κ2) is 7.17. The first-order valence-corrected chi connectivity index (χ1v) is 6.92. The molecular formula is C16H25NO2. The summed E-state index contributed by atoms with van der Waals surface area (Å²) in [7, 11) is 0. The molecule has 0 saturated heterocycles. The van der Waals surface area contributed by atoms with Crippen LogP contribution in [0.5, 0.6) is 0 Å². The lowest BCUT2D eigenvalue weighted by Crippen LogP contribution is -2.35. The van der Waals surface area contributed by atoms with E-state index in [1.165, 1.54) is 0 Å². The Balaban J connectivity index is 2.67. The minimum Gasteiger partial charge on any atom is -0.462 e. The smallest absolute Gasteiger partial charge is 0.246 e. The predicted octanol–water partition coefficient (Wildman–Crippen LogP) is 3.74. The standard InChI is InChI=1S/C16H25NO2/c1-12(2)10-17(11-13(3)4)16(18)9-8-15-7-6-14(5)19-15/h6-9,12-13H,10-11H2,1-5H3. The summed E-state index contributed by atoms with van der Waals surface area (Å²) >= 11 is 0. The van der Waals surface area contributed by atoms with Gasteiger partial charge >= 0.3 is 0 Å². The van der Waals surface area contributed by atoms with Crippen molar-refractivity contribution < 1.29 is 9.21 Å². The van der Waals surface area contributed by atoms with Crippen molar-refractivity contribution in [3.05, 3.63) is 29.7 Å². The summed E-state index contributed by atoms with van der Waals surface area (Å²) in [6, 6.07) is 3.76. The third kappa shape index (κ3) is 5.77. The quantitative estimate of drug-likeness (QED) is 0.732. The third-order valence-corrected chi connectivity index (χ3v) is 2.63. The number of carbonyl (C=O) groups excluding carboxylic acids is 1. The molecule has 1 aromatic rings. The fourth-order valence-electron chi connectivity index (χ4n) is 1.94. The molecule has 0 aliphatic rings. The average Bonchev–Trinajstić information content (AvgIpc) is 2.70. The maximum Gasteiger partial charge on any atom is 0.246 e. The Morgan fingerprint density at radius 1 is 1.21 bits per heavy atom. The van der Waals surface area contributed by atoms with Gasteiger partial charge in [-0.3, -0.25) is 4.79 Å². The SMILES string of the molecule is Cc1ccc(C=CC(=O)N(CC(C)C)CC(C)C)o1. The zero-order chi connectivity index (χ0) is 14.4. The molecule has 3 heteroatoms. The van der Waals surface area contributed by atoms with E-state index in [1.54, 1.807) is 12.2 Å². The Kier molecular flexibility index (Phi) is 5.87. The van der Waals surface area contributed by atoms with Crippen molar-refractivity contribution in [2.45, 2.75) is 34.6 Å². The molecular weight excluding hydrogens is 238 g/mol. The van der Waals surface area contributed by atoms with Gasteiger partial charge in [0.25, 0.3) is 0 Å². The molecule has 0 unspecified atom stereocenters. The summed E-state index contributed by atoms with van der Waals surface area (Å²) < 4.78 is 5.42. The van der Waals surface area contributed by atoms with Crippen molar-refractivity contribution in [3.63, 3.8) is 0 Å². The number of furan rings is 1. The van der Waals surface area contributed by atoms with E-state index in [1.807, 2.05) is 24.0 Å². The number of amides is 1. The van der Waals surface area contributed by atoms with Crippen LogP contribution in [0.1, 0.15) is 39.2 Å². The van der Waals surface area contributed by atoms with E-state index in [-0.39, 0.29) is 5.91 Å². The zero-order valence-corrected chi connectivity index (χ0v) is 12.6. The van der Waals surface area contributed by atoms with E-state index in [9.17, 15) is 4.79 Å². The maximum absolute atomic E-state index is 12.2. The van der Waals surface area contributed by atoms with Crippen molar-refractivity contribution >= 4 is 12.0 Å². The van der Waals surface area contributed by atoms with E-state index < -0.39 is 0 Å². The summed E-state index contributed by atoms with van der Waals surface area (Å²) in [5.41, 5.74) is 0. The molecule has 0 aliphatic carbocycles. The Bertz CT molecular complexity index is 420. The van der Waals surface area contributed by atoms with Gasteiger partial charge in [-0.1, -0.05) is 27.7 Å². The van der Waals surface area contributed by atoms with Gasteiger partial charge in [-0.2, -0.15) is 0 Å². The lowest BCUT2D eigenvalue weighted by atomic mass is 10.1. The number of rotatable bonds is 6. The average molecular weight is 263 g/mol. The predicted molar refractivity (Wildman–Crippen MR) is 78.7 cm³/mol. The van der Waals surface area contributed by atoms with E-state index in [4.69, 9.17) is 4.42 Å². The first-order valence-electron chi connectivity index (χ1n) is 6.92. The molecule has 0 N–H and O–H groups in total. The van der Waals surface area contributed by atoms with Crippen LogP contribution in [0.3, 0.4) is 0 Å². The van der Waals surface area contributed by atoms with Gasteiger partial charge in [-0.05, 0) is 37.0 Å². The molecule has 1 heterocycles. The van der Waals surface area contributed by atoms with Gasteiger partial charge in [-0.15, -0.1) is 0 Å². The topological polar surface area (TPSA) is 33.5 Å². The summed E-state index contributed by atoms with van der Waals surface area (Å²) in [6.45, 7) is 12.0. The van der Waals surface area contributed by atoms with Crippen molar-refractivity contribution in [1.82, 2.24) is 4.90 Å². The third-order valence-electron chi connectivity index (χ3n) is 2.63. The minimum atomic E-state index is 0.0523. The van der Waals surface area contributed by atoms with Crippen LogP contribution >= 0.6 is 0 Å². The normalized spacial score (nSPS) is 11.7. The summed E-state index contributed by atoms with van der Waals surface area (Å²) in [6.07, 6.45) is 3.34. The molecule has 0 radical (unpaired) electrons. The van der Waals surface area contributed by atoms with Crippen LogP contribution in [0.25, 0.3) is 6.08 Å². The number of nitrogens with zero attached hydrogens (tertiary/aromatic N) is 1. The highest BCUT2D eigenvalue weighted by atomic mass is 16.3. The lowest BCUT2D eigenvalue weighted by Gasteiger charge is -2.25. The summed E-state index contributed by atoms with van der Waals surface area (Å²) in [5.74, 6) is 2.58. The molecule has 0 atom stereocenters. The molecule has 3 nitrogen and oxygen atoms in total. The number of carbonyl (C=O) groups is 1. The van der Waals surface area contributed by atoms with Crippen LogP contribution in [0.4, 0.5) is 0 Å². The van der Waals surface area contributed by atoms with Crippen LogP contribution in [0.2, 0.25) is 0 Å². The Hall–Kier alpha value is -1.51. The number of aryl methyl sites for hydroxylation is 1. The molecule has 106 valence electrons. The van der Waals surface area contributed by atoms with Crippen molar-refractivity contribution in [3.8, 4) is 0 Å². The van der Waals surface area contributed by atoms with Crippen LogP contribution in [-0.2, 0) is 4.79 Å². The van der Waals surface area contributed by atoms with Gasteiger partial charge in [0.15, 0.2) is 0 Å². The van der Waals surface area contributed by atoms with Crippen LogP contribution in [-0.4, -0.2) is 23.9 Å². The first-order chi connectivity index (χ1) is 8.88. The highest BCUT2D eigenvalue weighted by Crippen LogP contribution is 2.10. The molecule has 0 bridgehead atoms. The lowest BCUT2D eigenvalue weighted by molar-refractivity contribution is -0.127. The van der Waals surface area contributed by atoms with E-state index >= 15 is 0 Å². The van der Waals surface area contributed by atoms with Gasteiger partial charge < -0.3 is 9.32 Å². The zero-order valence-electron chi connectivity index (χ0n) is 12.6. The van der Waals surface area contributed by atoms with Crippen molar-refractivity contribution in [2.75, 3.05) is 13.1 Å². The molecule has 1 rings (SSSR count). The summed E-state index contributed by atoms with van der Waals surface area (Å²) in [4.78, 5) is 14.1. The van der Waals surface area contributed by atoms with Crippen LogP contribution in [0, 0.1) is 18.8 Å². The van der Waals surface area contributed by atoms with Gasteiger partial charge in [0.05, 0.1) is 0 Å². The Labute approximate surface area is 116 Å². The minimum absolute atomic E-state index is 0.0523. The maximum atomic E-state index is 12.2. The summed E-state index contributed by atoms with van der Waals surface area (Å²) in [5, 5.41) is 0. The van der Waals surface area contributed by atoms with E-state index in [0.29, 0.717) is 11.8 Å². The highest BCUT2D eigenvalue weighted by molar-refractivity contribution is 5.91. The van der Waals surface area contributed by atoms with Gasteiger partial charge in [0.2, 0.25) is 5.91 Å². The fraction of sp³-hybridized carbons (Fsp3) is 0.562. The molecule has 0 saturated carbocycles. The molecule has 1 amide bonds. The molecule has 1 aromatic heterocycles. The van der Waals surface area contributed by atoms with E-state index in [2.05, 4.69) is 27.7 Å². The highest BCUT2D eigenvalue weighted by Gasteiger charge is 2.13. The Morgan fingerprint density at radius 3 is 2.21 bits per heavy atom. The molecule has 0 aromatic carbocycles. The first kappa shape index (κ1) is 15.5.